The topological polar surface area (TPSA) is 134 Å². The Morgan fingerprint density at radius 2 is 1.94 bits per heavy atom. The quantitative estimate of drug-likeness (QED) is 0.151. The molecule has 0 unspecified atom stereocenters. The van der Waals surface area contributed by atoms with E-state index in [-0.39, 0.29) is 18.9 Å². The maximum Gasteiger partial charge on any atom is 0.233 e. The van der Waals surface area contributed by atoms with E-state index in [4.69, 9.17) is 10.9 Å². The Morgan fingerprint density at radius 1 is 1.41 bits per heavy atom. The molecule has 0 aromatic carbocycles. The molecule has 0 saturated carbocycles. The molecule has 0 aliphatic heterocycles. The molecule has 8 nitrogen and oxygen atoms in total. The summed E-state index contributed by atoms with van der Waals surface area (Å²) < 4.78 is 23.7. The Bertz CT molecular complexity index is 402. The number of nitrogens with two attached hydrogens (primary N) is 1. The first-order chi connectivity index (χ1) is 7.61. The zero-order valence-corrected chi connectivity index (χ0v) is 10.8. The number of amidine groups is 1. The third-order valence-electron chi connectivity index (χ3n) is 2.09. The van der Waals surface area contributed by atoms with Crippen LogP contribution in [-0.4, -0.2) is 44.7 Å². The van der Waals surface area contributed by atoms with Crippen LogP contribution in [0.5, 0.6) is 0 Å². The third-order valence-corrected chi connectivity index (χ3v) is 2.82. The molecule has 5 N–H and O–H groups in total. The van der Waals surface area contributed by atoms with Crippen LogP contribution in [0.4, 0.5) is 0 Å². The second kappa shape index (κ2) is 5.82. The molecule has 1 amide bonds. The maximum atomic E-state index is 11.6. The Morgan fingerprint density at radius 3 is 2.35 bits per heavy atom. The summed E-state index contributed by atoms with van der Waals surface area (Å²) in [6.07, 6.45) is 1.02. The number of rotatable bonds is 6. The van der Waals surface area contributed by atoms with Gasteiger partial charge in [0.25, 0.3) is 0 Å². The van der Waals surface area contributed by atoms with Crippen molar-refractivity contribution in [3.8, 4) is 0 Å². The summed E-state index contributed by atoms with van der Waals surface area (Å²) >= 11 is 0. The fourth-order valence-corrected chi connectivity index (χ4v) is 1.35. The highest BCUT2D eigenvalue weighted by Gasteiger charge is 2.32. The second-order valence-corrected chi connectivity index (χ2v) is 5.87. The third kappa shape index (κ3) is 5.50. The number of amides is 1. The summed E-state index contributed by atoms with van der Waals surface area (Å²) in [4.78, 5) is 11.6. The highest BCUT2D eigenvalue weighted by Crippen LogP contribution is 2.14. The number of carbonyl (C=O) groups is 1. The molecule has 0 heterocycles. The van der Waals surface area contributed by atoms with Crippen molar-refractivity contribution in [3.63, 3.8) is 0 Å². The molecule has 9 heteroatoms. The van der Waals surface area contributed by atoms with Gasteiger partial charge in [-0.25, -0.2) is 13.1 Å². The average Bonchev–Trinajstić information content (AvgIpc) is 2.21. The molecule has 0 saturated heterocycles. The predicted octanol–water partition coefficient (Wildman–Crippen LogP) is -1.58. The molecule has 0 aromatic rings. The molecular weight excluding hydrogens is 248 g/mol. The van der Waals surface area contributed by atoms with Crippen LogP contribution < -0.4 is 15.8 Å². The lowest BCUT2D eigenvalue weighted by atomic mass is 9.91. The predicted molar refractivity (Wildman–Crippen MR) is 63.0 cm³/mol. The molecule has 0 atom stereocenters. The number of sulfonamides is 1. The summed E-state index contributed by atoms with van der Waals surface area (Å²) in [5.41, 5.74) is 4.20. The van der Waals surface area contributed by atoms with Gasteiger partial charge >= 0.3 is 0 Å². The summed E-state index contributed by atoms with van der Waals surface area (Å²) in [6.45, 7) is 3.17. The molecule has 0 radical (unpaired) electrons. The monoisotopic (exact) mass is 266 g/mol. The van der Waals surface area contributed by atoms with Crippen LogP contribution in [0.25, 0.3) is 0 Å². The number of oxime groups is 1. The largest absolute Gasteiger partial charge is 0.409 e. The Labute approximate surface area is 100 Å². The zero-order chi connectivity index (χ0) is 13.7. The minimum atomic E-state index is -3.27. The number of hydrogen-bond acceptors (Lipinski definition) is 5. The smallest absolute Gasteiger partial charge is 0.233 e. The Hall–Kier alpha value is -1.35. The van der Waals surface area contributed by atoms with Crippen molar-refractivity contribution >= 4 is 21.8 Å². The maximum absolute atomic E-state index is 11.6. The fraction of sp³-hybridized carbons (Fsp3) is 0.750. The van der Waals surface area contributed by atoms with Gasteiger partial charge in [-0.05, 0) is 13.8 Å². The summed E-state index contributed by atoms with van der Waals surface area (Å²) in [7, 11) is -3.27. The van der Waals surface area contributed by atoms with E-state index in [1.54, 1.807) is 0 Å². The number of carbonyl (C=O) groups excluding carboxylic acids is 1. The first-order valence-corrected chi connectivity index (χ1v) is 6.71. The van der Waals surface area contributed by atoms with Crippen molar-refractivity contribution in [3.05, 3.63) is 0 Å². The normalized spacial score (nSPS) is 13.5. The Balaban J connectivity index is 4.20. The minimum Gasteiger partial charge on any atom is -0.409 e. The van der Waals surface area contributed by atoms with E-state index in [0.717, 1.165) is 6.26 Å². The summed E-state index contributed by atoms with van der Waals surface area (Å²) in [5.74, 6) is -0.672. The van der Waals surface area contributed by atoms with Crippen LogP contribution in [-0.2, 0) is 14.8 Å². The lowest BCUT2D eigenvalue weighted by molar-refractivity contribution is -0.126. The molecule has 100 valence electrons. The van der Waals surface area contributed by atoms with Gasteiger partial charge in [-0.2, -0.15) is 0 Å². The van der Waals surface area contributed by atoms with E-state index in [1.165, 1.54) is 13.8 Å². The molecule has 0 aliphatic rings. The van der Waals surface area contributed by atoms with Crippen LogP contribution in [0.1, 0.15) is 13.8 Å². The van der Waals surface area contributed by atoms with Gasteiger partial charge in [0.1, 0.15) is 5.41 Å². The SMILES string of the molecule is CC(C)(C(=O)NCCNS(C)(=O)=O)C(N)=NO. The first kappa shape index (κ1) is 15.7. The zero-order valence-electron chi connectivity index (χ0n) is 10.0. The van der Waals surface area contributed by atoms with Gasteiger partial charge in [0.05, 0.1) is 6.26 Å². The van der Waals surface area contributed by atoms with Gasteiger partial charge in [0.15, 0.2) is 5.84 Å². The molecule has 0 aromatic heterocycles. The van der Waals surface area contributed by atoms with Crippen LogP contribution >= 0.6 is 0 Å². The van der Waals surface area contributed by atoms with Gasteiger partial charge in [-0.3, -0.25) is 4.79 Å². The standard InChI is InChI=1S/C8H18N4O4S/c1-8(2,6(9)12-14)7(13)10-4-5-11-17(3,15)16/h11,14H,4-5H2,1-3H3,(H2,9,12)(H,10,13). The first-order valence-electron chi connectivity index (χ1n) is 4.82. The van der Waals surface area contributed by atoms with Gasteiger partial charge in [0, 0.05) is 13.1 Å². The van der Waals surface area contributed by atoms with Crippen molar-refractivity contribution in [1.29, 1.82) is 0 Å². The highest BCUT2D eigenvalue weighted by molar-refractivity contribution is 7.88. The van der Waals surface area contributed by atoms with Crippen molar-refractivity contribution in [2.75, 3.05) is 19.3 Å². The molecule has 0 spiro atoms. The van der Waals surface area contributed by atoms with Gasteiger partial charge in [-0.1, -0.05) is 5.16 Å². The van der Waals surface area contributed by atoms with E-state index in [1.807, 2.05) is 0 Å². The molecule has 0 fully saturated rings. The Kier molecular flexibility index (Phi) is 5.36. The van der Waals surface area contributed by atoms with E-state index < -0.39 is 21.3 Å². The van der Waals surface area contributed by atoms with E-state index in [9.17, 15) is 13.2 Å². The van der Waals surface area contributed by atoms with E-state index in [2.05, 4.69) is 15.2 Å². The molecule has 0 aliphatic carbocycles. The highest BCUT2D eigenvalue weighted by atomic mass is 32.2. The van der Waals surface area contributed by atoms with Gasteiger partial charge in [-0.15, -0.1) is 0 Å². The lowest BCUT2D eigenvalue weighted by Gasteiger charge is -2.21. The van der Waals surface area contributed by atoms with E-state index >= 15 is 0 Å². The molecule has 0 bridgehead atoms. The fourth-order valence-electron chi connectivity index (χ4n) is 0.875. The molecular formula is C8H18N4O4S. The lowest BCUT2D eigenvalue weighted by Crippen LogP contribution is -2.47. The van der Waals surface area contributed by atoms with Crippen molar-refractivity contribution in [2.24, 2.45) is 16.3 Å². The summed E-state index contributed by atoms with van der Waals surface area (Å²) in [6, 6.07) is 0. The number of hydrogen-bond donors (Lipinski definition) is 4. The van der Waals surface area contributed by atoms with Crippen molar-refractivity contribution < 1.29 is 18.4 Å². The van der Waals surface area contributed by atoms with Gasteiger partial charge in [0.2, 0.25) is 15.9 Å². The van der Waals surface area contributed by atoms with Crippen molar-refractivity contribution in [2.45, 2.75) is 13.8 Å². The van der Waals surface area contributed by atoms with E-state index in [0.29, 0.717) is 0 Å². The molecule has 0 rings (SSSR count). The second-order valence-electron chi connectivity index (χ2n) is 4.03. The minimum absolute atomic E-state index is 0.0802. The number of nitrogens with one attached hydrogen (secondary N) is 2. The molecule has 17 heavy (non-hydrogen) atoms. The van der Waals surface area contributed by atoms with Crippen LogP contribution in [0.15, 0.2) is 5.16 Å². The van der Waals surface area contributed by atoms with Crippen molar-refractivity contribution in [1.82, 2.24) is 10.0 Å². The number of nitrogens with zero attached hydrogens (tertiary/aromatic N) is 1. The van der Waals surface area contributed by atoms with Crippen LogP contribution in [0.2, 0.25) is 0 Å². The van der Waals surface area contributed by atoms with Gasteiger partial charge < -0.3 is 16.3 Å². The average molecular weight is 266 g/mol. The summed E-state index contributed by atoms with van der Waals surface area (Å²) in [5, 5.41) is 13.7. The van der Waals surface area contributed by atoms with Crippen LogP contribution in [0, 0.1) is 5.41 Å². The van der Waals surface area contributed by atoms with Crippen LogP contribution in [0.3, 0.4) is 0 Å².